The van der Waals surface area contributed by atoms with Crippen LogP contribution in [0.3, 0.4) is 0 Å². The van der Waals surface area contributed by atoms with Crippen LogP contribution in [0, 0.1) is 5.92 Å². The molecule has 84 valence electrons. The minimum absolute atomic E-state index is 0.0547. The van der Waals surface area contributed by atoms with Crippen LogP contribution >= 0.6 is 0 Å². The average Bonchev–Trinajstić information content (AvgIpc) is 2.55. The van der Waals surface area contributed by atoms with Gasteiger partial charge < -0.3 is 5.11 Å². The molecule has 0 aliphatic carbocycles. The van der Waals surface area contributed by atoms with E-state index in [9.17, 15) is 9.59 Å². The first-order valence-electron chi connectivity index (χ1n) is 5.07. The molecule has 1 atom stereocenters. The third kappa shape index (κ3) is 1.59. The smallest absolute Gasteiger partial charge is 0.280 e. The van der Waals surface area contributed by atoms with Gasteiger partial charge in [0.2, 0.25) is 0 Å². The van der Waals surface area contributed by atoms with Crippen molar-refractivity contribution < 1.29 is 14.7 Å². The molecule has 0 fully saturated rings. The quantitative estimate of drug-likeness (QED) is 0.744. The van der Waals surface area contributed by atoms with Gasteiger partial charge in [-0.1, -0.05) is 6.92 Å². The number of carbonyl (C=O) groups is 2. The van der Waals surface area contributed by atoms with Crippen molar-refractivity contribution in [2.75, 3.05) is 13.2 Å². The van der Waals surface area contributed by atoms with E-state index in [0.717, 1.165) is 4.90 Å². The number of imide groups is 1. The number of pyridine rings is 1. The molecule has 1 N–H and O–H groups in total. The van der Waals surface area contributed by atoms with Crippen LogP contribution in [0.4, 0.5) is 0 Å². The van der Waals surface area contributed by atoms with E-state index < -0.39 is 0 Å². The van der Waals surface area contributed by atoms with Gasteiger partial charge in [-0.25, -0.2) is 0 Å². The van der Waals surface area contributed by atoms with Crippen molar-refractivity contribution in [3.8, 4) is 0 Å². The molecule has 2 rings (SSSR count). The van der Waals surface area contributed by atoms with Crippen LogP contribution in [-0.2, 0) is 0 Å². The largest absolute Gasteiger partial charge is 0.396 e. The normalized spacial score (nSPS) is 16.5. The van der Waals surface area contributed by atoms with E-state index in [-0.39, 0.29) is 36.6 Å². The molecule has 2 amide bonds. The summed E-state index contributed by atoms with van der Waals surface area (Å²) in [6.45, 7) is 1.95. The van der Waals surface area contributed by atoms with Crippen molar-refractivity contribution in [2.24, 2.45) is 5.92 Å². The molecule has 1 aromatic rings. The van der Waals surface area contributed by atoms with Crippen LogP contribution in [0.1, 0.15) is 27.8 Å². The molecule has 0 saturated carbocycles. The predicted molar refractivity (Wildman–Crippen MR) is 55.9 cm³/mol. The lowest BCUT2D eigenvalue weighted by molar-refractivity contribution is 0.0612. The van der Waals surface area contributed by atoms with E-state index in [4.69, 9.17) is 5.11 Å². The summed E-state index contributed by atoms with van der Waals surface area (Å²) >= 11 is 0. The Labute approximate surface area is 92.7 Å². The highest BCUT2D eigenvalue weighted by molar-refractivity contribution is 6.20. The van der Waals surface area contributed by atoms with Crippen LogP contribution in [0.15, 0.2) is 18.3 Å². The van der Waals surface area contributed by atoms with Gasteiger partial charge in [-0.2, -0.15) is 0 Å². The number of nitrogens with zero attached hydrogens (tertiary/aromatic N) is 2. The summed E-state index contributed by atoms with van der Waals surface area (Å²) in [6.07, 6.45) is 1.49. The molecule has 1 aliphatic heterocycles. The lowest BCUT2D eigenvalue weighted by Gasteiger charge is -2.16. The van der Waals surface area contributed by atoms with Gasteiger partial charge >= 0.3 is 0 Å². The molecule has 5 heteroatoms. The van der Waals surface area contributed by atoms with Gasteiger partial charge in [-0.3, -0.25) is 19.5 Å². The van der Waals surface area contributed by atoms with E-state index in [1.54, 1.807) is 19.1 Å². The lowest BCUT2D eigenvalue weighted by atomic mass is 10.2. The fourth-order valence-corrected chi connectivity index (χ4v) is 1.65. The van der Waals surface area contributed by atoms with Crippen molar-refractivity contribution in [3.63, 3.8) is 0 Å². The number of aliphatic hydroxyl groups is 1. The number of aliphatic hydroxyl groups excluding tert-OH is 1. The van der Waals surface area contributed by atoms with Crippen LogP contribution in [0.5, 0.6) is 0 Å². The summed E-state index contributed by atoms with van der Waals surface area (Å²) in [5, 5.41) is 8.92. The maximum absolute atomic E-state index is 11.8. The molecule has 0 aromatic carbocycles. The Bertz CT molecular complexity index is 410. The first-order chi connectivity index (χ1) is 7.65. The van der Waals surface area contributed by atoms with Crippen molar-refractivity contribution in [1.29, 1.82) is 0 Å². The fraction of sp³-hybridized carbons (Fsp3) is 0.364. The van der Waals surface area contributed by atoms with Gasteiger partial charge in [0.05, 0.1) is 5.56 Å². The zero-order valence-corrected chi connectivity index (χ0v) is 8.88. The first kappa shape index (κ1) is 10.8. The van der Waals surface area contributed by atoms with Crippen LogP contribution < -0.4 is 0 Å². The third-order valence-electron chi connectivity index (χ3n) is 2.54. The van der Waals surface area contributed by atoms with E-state index in [1.807, 2.05) is 0 Å². The van der Waals surface area contributed by atoms with Gasteiger partial charge in [0.1, 0.15) is 5.69 Å². The number of aromatic nitrogens is 1. The first-order valence-corrected chi connectivity index (χ1v) is 5.07. The maximum atomic E-state index is 11.8. The third-order valence-corrected chi connectivity index (χ3v) is 2.54. The minimum Gasteiger partial charge on any atom is -0.396 e. The van der Waals surface area contributed by atoms with Crippen molar-refractivity contribution in [2.45, 2.75) is 6.92 Å². The highest BCUT2D eigenvalue weighted by atomic mass is 16.3. The van der Waals surface area contributed by atoms with E-state index in [0.29, 0.717) is 5.56 Å². The average molecular weight is 220 g/mol. The van der Waals surface area contributed by atoms with Gasteiger partial charge in [0, 0.05) is 19.3 Å². The standard InChI is InChI=1S/C11H12N2O3/c1-7(6-14)5-13-10(15)8-3-2-4-12-9(8)11(13)16/h2-4,7,14H,5-6H2,1H3. The summed E-state index contributed by atoms with van der Waals surface area (Å²) < 4.78 is 0. The highest BCUT2D eigenvalue weighted by Crippen LogP contribution is 2.21. The zero-order chi connectivity index (χ0) is 11.7. The van der Waals surface area contributed by atoms with E-state index in [2.05, 4.69) is 4.98 Å². The molecule has 1 aromatic heterocycles. The monoisotopic (exact) mass is 220 g/mol. The molecule has 5 nitrogen and oxygen atoms in total. The summed E-state index contributed by atoms with van der Waals surface area (Å²) in [7, 11) is 0. The molecule has 16 heavy (non-hydrogen) atoms. The second-order valence-electron chi connectivity index (χ2n) is 3.91. The number of hydrogen-bond donors (Lipinski definition) is 1. The second-order valence-corrected chi connectivity index (χ2v) is 3.91. The Morgan fingerprint density at radius 1 is 1.44 bits per heavy atom. The van der Waals surface area contributed by atoms with Gasteiger partial charge in [-0.15, -0.1) is 0 Å². The fourth-order valence-electron chi connectivity index (χ4n) is 1.65. The summed E-state index contributed by atoms with van der Waals surface area (Å²) in [4.78, 5) is 28.7. The summed E-state index contributed by atoms with van der Waals surface area (Å²) in [5.41, 5.74) is 0.551. The molecule has 0 saturated heterocycles. The molecular weight excluding hydrogens is 208 g/mol. The highest BCUT2D eigenvalue weighted by Gasteiger charge is 2.36. The zero-order valence-electron chi connectivity index (χ0n) is 8.88. The number of fused-ring (bicyclic) bond motifs is 1. The van der Waals surface area contributed by atoms with E-state index >= 15 is 0 Å². The number of carbonyl (C=O) groups excluding carboxylic acids is 2. The molecule has 0 spiro atoms. The summed E-state index contributed by atoms with van der Waals surface area (Å²) in [5.74, 6) is -0.823. The topological polar surface area (TPSA) is 70.5 Å². The van der Waals surface area contributed by atoms with Crippen molar-refractivity contribution in [3.05, 3.63) is 29.6 Å². The Balaban J connectivity index is 2.28. The van der Waals surface area contributed by atoms with Gasteiger partial charge in [0.25, 0.3) is 11.8 Å². The lowest BCUT2D eigenvalue weighted by Crippen LogP contribution is -2.34. The molecule has 0 bridgehead atoms. The second kappa shape index (κ2) is 4.02. The molecule has 1 aliphatic rings. The van der Waals surface area contributed by atoms with E-state index in [1.165, 1.54) is 6.20 Å². The number of amides is 2. The predicted octanol–water partition coefficient (Wildman–Crippen LogP) is 0.306. The SMILES string of the molecule is CC(CO)CN1C(=O)c2cccnc2C1=O. The van der Waals surface area contributed by atoms with Gasteiger partial charge in [-0.05, 0) is 18.1 Å². The Morgan fingerprint density at radius 2 is 2.19 bits per heavy atom. The van der Waals surface area contributed by atoms with Crippen LogP contribution in [-0.4, -0.2) is 40.0 Å². The Morgan fingerprint density at radius 3 is 2.81 bits per heavy atom. The van der Waals surface area contributed by atoms with Crippen LogP contribution in [0.25, 0.3) is 0 Å². The molecule has 0 radical (unpaired) electrons. The molecule has 1 unspecified atom stereocenters. The maximum Gasteiger partial charge on any atom is 0.280 e. The number of hydrogen-bond acceptors (Lipinski definition) is 4. The van der Waals surface area contributed by atoms with Crippen molar-refractivity contribution >= 4 is 11.8 Å². The van der Waals surface area contributed by atoms with Crippen LogP contribution in [0.2, 0.25) is 0 Å². The molecule has 2 heterocycles. The Kier molecular flexibility index (Phi) is 2.70. The van der Waals surface area contributed by atoms with Gasteiger partial charge in [0.15, 0.2) is 0 Å². The van der Waals surface area contributed by atoms with Crippen molar-refractivity contribution in [1.82, 2.24) is 9.88 Å². The summed E-state index contributed by atoms with van der Waals surface area (Å²) in [6, 6.07) is 3.22. The Hall–Kier alpha value is -1.75. The minimum atomic E-state index is -0.374. The molecular formula is C11H12N2O3. The number of rotatable bonds is 3.